The minimum atomic E-state index is -4.36. The van der Waals surface area contributed by atoms with Gasteiger partial charge in [-0.2, -0.15) is 18.3 Å². The number of hydrogen-bond acceptors (Lipinski definition) is 5. The molecular weight excluding hydrogens is 429 g/mol. The van der Waals surface area contributed by atoms with E-state index in [1.165, 1.54) is 16.8 Å². The van der Waals surface area contributed by atoms with Crippen LogP contribution in [0.4, 0.5) is 19.0 Å². The standard InChI is InChI=1S/C21H21F3N4O2S/c1-13(15-7-9-16(10-8-15)31-21(22,23)24)28-19(25)18(20(26)29)17(27-28)12-30-11-14-5-3-2-4-6-14/h2-10,13H,11-12,25H2,1H3,(H2,26,29). The van der Waals surface area contributed by atoms with Crippen LogP contribution in [0.15, 0.2) is 59.5 Å². The second-order valence-electron chi connectivity index (χ2n) is 6.79. The van der Waals surface area contributed by atoms with Crippen LogP contribution in [-0.4, -0.2) is 21.2 Å². The molecule has 3 aromatic rings. The fraction of sp³-hybridized carbons (Fsp3) is 0.238. The molecule has 6 nitrogen and oxygen atoms in total. The van der Waals surface area contributed by atoms with E-state index in [1.54, 1.807) is 19.1 Å². The molecule has 0 aliphatic rings. The summed E-state index contributed by atoms with van der Waals surface area (Å²) in [7, 11) is 0. The summed E-state index contributed by atoms with van der Waals surface area (Å²) in [6.45, 7) is 2.12. The highest BCUT2D eigenvalue weighted by molar-refractivity contribution is 8.00. The smallest absolute Gasteiger partial charge is 0.383 e. The lowest BCUT2D eigenvalue weighted by Crippen LogP contribution is -2.16. The summed E-state index contributed by atoms with van der Waals surface area (Å²) >= 11 is -0.187. The van der Waals surface area contributed by atoms with Gasteiger partial charge in [0.05, 0.1) is 19.3 Å². The van der Waals surface area contributed by atoms with Crippen LogP contribution < -0.4 is 11.5 Å². The Kier molecular flexibility index (Phi) is 6.91. The lowest BCUT2D eigenvalue weighted by Gasteiger charge is -2.15. The highest BCUT2D eigenvalue weighted by Crippen LogP contribution is 2.37. The highest BCUT2D eigenvalue weighted by atomic mass is 32.2. The van der Waals surface area contributed by atoms with Crippen LogP contribution in [0.25, 0.3) is 0 Å². The van der Waals surface area contributed by atoms with Gasteiger partial charge < -0.3 is 16.2 Å². The Bertz CT molecular complexity index is 1040. The number of carbonyl (C=O) groups is 1. The molecule has 0 fully saturated rings. The molecule has 31 heavy (non-hydrogen) atoms. The van der Waals surface area contributed by atoms with Gasteiger partial charge in [0, 0.05) is 4.90 Å². The quantitative estimate of drug-likeness (QED) is 0.493. The number of halogens is 3. The zero-order valence-electron chi connectivity index (χ0n) is 16.6. The molecule has 0 aliphatic heterocycles. The molecular formula is C21H21F3N4O2S. The maximum Gasteiger partial charge on any atom is 0.446 e. The molecule has 0 saturated heterocycles. The van der Waals surface area contributed by atoms with Gasteiger partial charge in [0.2, 0.25) is 0 Å². The Morgan fingerprint density at radius 1 is 1.13 bits per heavy atom. The van der Waals surface area contributed by atoms with Crippen LogP contribution in [0.5, 0.6) is 0 Å². The van der Waals surface area contributed by atoms with Gasteiger partial charge >= 0.3 is 5.51 Å². The SMILES string of the molecule is CC(c1ccc(SC(F)(F)F)cc1)n1nc(COCc2ccccc2)c(C(N)=O)c1N. The number of nitrogens with two attached hydrogens (primary N) is 2. The molecule has 0 bridgehead atoms. The normalized spacial score (nSPS) is 12.6. The fourth-order valence-electron chi connectivity index (χ4n) is 3.09. The van der Waals surface area contributed by atoms with E-state index in [-0.39, 0.29) is 34.6 Å². The monoisotopic (exact) mass is 450 g/mol. The fourth-order valence-corrected chi connectivity index (χ4v) is 3.63. The van der Waals surface area contributed by atoms with Crippen molar-refractivity contribution in [3.8, 4) is 0 Å². The molecule has 164 valence electrons. The van der Waals surface area contributed by atoms with Gasteiger partial charge in [-0.3, -0.25) is 4.79 Å². The number of nitrogens with zero attached hydrogens (tertiary/aromatic N) is 2. The number of nitrogen functional groups attached to an aromatic ring is 1. The number of rotatable bonds is 8. The van der Waals surface area contributed by atoms with Gasteiger partial charge in [-0.15, -0.1) is 0 Å². The third kappa shape index (κ3) is 5.80. The van der Waals surface area contributed by atoms with Crippen LogP contribution in [-0.2, 0) is 18.0 Å². The first-order valence-electron chi connectivity index (χ1n) is 9.29. The summed E-state index contributed by atoms with van der Waals surface area (Å²) in [6, 6.07) is 14.9. The molecule has 0 radical (unpaired) electrons. The summed E-state index contributed by atoms with van der Waals surface area (Å²) in [5.41, 5.74) is 9.28. The molecule has 1 amide bonds. The molecule has 1 aromatic heterocycles. The second kappa shape index (κ2) is 9.44. The van der Waals surface area contributed by atoms with Crippen molar-refractivity contribution in [1.29, 1.82) is 0 Å². The van der Waals surface area contributed by atoms with E-state index in [1.807, 2.05) is 30.3 Å². The van der Waals surface area contributed by atoms with E-state index >= 15 is 0 Å². The number of hydrogen-bond donors (Lipinski definition) is 2. The number of alkyl halides is 3. The first-order chi connectivity index (χ1) is 14.7. The van der Waals surface area contributed by atoms with Crippen molar-refractivity contribution < 1.29 is 22.7 Å². The highest BCUT2D eigenvalue weighted by Gasteiger charge is 2.29. The summed E-state index contributed by atoms with van der Waals surface area (Å²) < 4.78 is 44.7. The van der Waals surface area contributed by atoms with Crippen molar-refractivity contribution in [1.82, 2.24) is 9.78 Å². The van der Waals surface area contributed by atoms with Crippen LogP contribution in [0.1, 0.15) is 40.1 Å². The Labute approximate surface area is 181 Å². The van der Waals surface area contributed by atoms with E-state index in [2.05, 4.69) is 5.10 Å². The average molecular weight is 450 g/mol. The zero-order valence-corrected chi connectivity index (χ0v) is 17.4. The first-order valence-corrected chi connectivity index (χ1v) is 10.1. The molecule has 1 unspecified atom stereocenters. The van der Waals surface area contributed by atoms with Gasteiger partial charge in [-0.25, -0.2) is 4.68 Å². The molecule has 3 rings (SSSR count). The summed E-state index contributed by atoms with van der Waals surface area (Å²) in [5.74, 6) is -0.654. The van der Waals surface area contributed by atoms with Gasteiger partial charge in [0.15, 0.2) is 0 Å². The van der Waals surface area contributed by atoms with Crippen molar-refractivity contribution >= 4 is 23.5 Å². The van der Waals surface area contributed by atoms with Crippen LogP contribution >= 0.6 is 11.8 Å². The van der Waals surface area contributed by atoms with Gasteiger partial charge in [-0.1, -0.05) is 42.5 Å². The molecule has 10 heteroatoms. The van der Waals surface area contributed by atoms with Gasteiger partial charge in [0.25, 0.3) is 5.91 Å². The largest absolute Gasteiger partial charge is 0.446 e. The Morgan fingerprint density at radius 3 is 2.35 bits per heavy atom. The summed E-state index contributed by atoms with van der Waals surface area (Å²) in [6.07, 6.45) is 0. The van der Waals surface area contributed by atoms with E-state index in [4.69, 9.17) is 16.2 Å². The van der Waals surface area contributed by atoms with Crippen LogP contribution in [0.2, 0.25) is 0 Å². The number of thioether (sulfide) groups is 1. The van der Waals surface area contributed by atoms with Gasteiger partial charge in [0.1, 0.15) is 17.1 Å². The summed E-state index contributed by atoms with van der Waals surface area (Å²) in [4.78, 5) is 12.0. The van der Waals surface area contributed by atoms with Crippen LogP contribution in [0.3, 0.4) is 0 Å². The predicted molar refractivity (Wildman–Crippen MR) is 112 cm³/mol. The van der Waals surface area contributed by atoms with E-state index in [0.717, 1.165) is 5.56 Å². The number of ether oxygens (including phenoxy) is 1. The molecule has 0 spiro atoms. The average Bonchev–Trinajstić information content (AvgIpc) is 3.04. The van der Waals surface area contributed by atoms with E-state index in [0.29, 0.717) is 17.9 Å². The summed E-state index contributed by atoms with van der Waals surface area (Å²) in [5, 5.41) is 4.40. The molecule has 0 saturated carbocycles. The number of primary amides is 1. The van der Waals surface area contributed by atoms with E-state index < -0.39 is 17.5 Å². The minimum Gasteiger partial charge on any atom is -0.383 e. The minimum absolute atomic E-state index is 0.0260. The zero-order chi connectivity index (χ0) is 22.6. The van der Waals surface area contributed by atoms with Crippen molar-refractivity contribution in [2.45, 2.75) is 36.6 Å². The Hall–Kier alpha value is -2.98. The number of amides is 1. The lowest BCUT2D eigenvalue weighted by atomic mass is 10.1. The van der Waals surface area contributed by atoms with Crippen molar-refractivity contribution in [2.24, 2.45) is 5.73 Å². The van der Waals surface area contributed by atoms with Crippen molar-refractivity contribution in [2.75, 3.05) is 5.73 Å². The molecule has 0 aliphatic carbocycles. The molecule has 4 N–H and O–H groups in total. The number of anilines is 1. The predicted octanol–water partition coefficient (Wildman–Crippen LogP) is 4.50. The van der Waals surface area contributed by atoms with Gasteiger partial charge in [-0.05, 0) is 41.9 Å². The third-order valence-corrected chi connectivity index (χ3v) is 5.32. The molecule has 1 atom stereocenters. The molecule has 2 aromatic carbocycles. The van der Waals surface area contributed by atoms with Crippen molar-refractivity contribution in [3.63, 3.8) is 0 Å². The second-order valence-corrected chi connectivity index (χ2v) is 7.93. The lowest BCUT2D eigenvalue weighted by molar-refractivity contribution is -0.0328. The first kappa shape index (κ1) is 22.7. The number of aromatic nitrogens is 2. The molecule has 1 heterocycles. The Balaban J connectivity index is 1.79. The maximum atomic E-state index is 12.5. The van der Waals surface area contributed by atoms with E-state index in [9.17, 15) is 18.0 Å². The maximum absolute atomic E-state index is 12.5. The van der Waals surface area contributed by atoms with Crippen LogP contribution in [0, 0.1) is 0 Å². The topological polar surface area (TPSA) is 96.2 Å². The Morgan fingerprint density at radius 2 is 1.77 bits per heavy atom. The number of carbonyl (C=O) groups excluding carboxylic acids is 1. The number of benzene rings is 2. The third-order valence-electron chi connectivity index (χ3n) is 4.58. The van der Waals surface area contributed by atoms with Crippen molar-refractivity contribution in [3.05, 3.63) is 77.0 Å².